The van der Waals surface area contributed by atoms with Crippen LogP contribution in [0.15, 0.2) is 12.3 Å². The van der Waals surface area contributed by atoms with Crippen LogP contribution < -0.4 is 5.32 Å². The smallest absolute Gasteiger partial charge is 0.166 e. The van der Waals surface area contributed by atoms with Crippen LogP contribution in [-0.4, -0.2) is 25.0 Å². The zero-order chi connectivity index (χ0) is 9.19. The van der Waals surface area contributed by atoms with Crippen LogP contribution in [0.3, 0.4) is 0 Å². The van der Waals surface area contributed by atoms with Gasteiger partial charge >= 0.3 is 0 Å². The van der Waals surface area contributed by atoms with Crippen LogP contribution in [0.25, 0.3) is 0 Å². The van der Waals surface area contributed by atoms with Crippen molar-refractivity contribution in [2.45, 2.75) is 32.5 Å². The van der Waals surface area contributed by atoms with Gasteiger partial charge in [0.1, 0.15) is 5.76 Å². The molecule has 1 aliphatic heterocycles. The monoisotopic (exact) mass is 171 g/mol. The molecule has 0 aromatic heterocycles. The van der Waals surface area contributed by atoms with Crippen molar-refractivity contribution in [2.24, 2.45) is 0 Å². The van der Waals surface area contributed by atoms with Crippen molar-refractivity contribution in [1.82, 2.24) is 5.32 Å². The Hall–Kier alpha value is -0.540. The van der Waals surface area contributed by atoms with Crippen molar-refractivity contribution in [3.63, 3.8) is 0 Å². The molecule has 3 nitrogen and oxygen atoms in total. The van der Waals surface area contributed by atoms with Gasteiger partial charge in [-0.05, 0) is 20.8 Å². The van der Waals surface area contributed by atoms with Crippen LogP contribution in [0, 0.1) is 0 Å². The fourth-order valence-corrected chi connectivity index (χ4v) is 1.16. The first-order chi connectivity index (χ1) is 5.55. The lowest BCUT2D eigenvalue weighted by molar-refractivity contribution is 0.0663. The molecule has 1 unspecified atom stereocenters. The summed E-state index contributed by atoms with van der Waals surface area (Å²) in [5.41, 5.74) is 0.0324. The quantitative estimate of drug-likeness (QED) is 0.648. The summed E-state index contributed by atoms with van der Waals surface area (Å²) >= 11 is 0. The first kappa shape index (κ1) is 9.55. The molecule has 70 valence electrons. The van der Waals surface area contributed by atoms with Crippen LogP contribution in [0.4, 0.5) is 0 Å². The molecule has 1 fully saturated rings. The molecule has 1 atom stereocenters. The van der Waals surface area contributed by atoms with Crippen LogP contribution >= 0.6 is 0 Å². The van der Waals surface area contributed by atoms with Gasteiger partial charge in [0.25, 0.3) is 0 Å². The van der Waals surface area contributed by atoms with E-state index in [9.17, 15) is 0 Å². The highest BCUT2D eigenvalue weighted by Gasteiger charge is 2.32. The zero-order valence-electron chi connectivity index (χ0n) is 8.02. The average Bonchev–Trinajstić information content (AvgIpc) is 2.31. The summed E-state index contributed by atoms with van der Waals surface area (Å²) in [6, 6.07) is 0. The minimum atomic E-state index is -0.139. The largest absolute Gasteiger partial charge is 0.495 e. The first-order valence-corrected chi connectivity index (χ1v) is 4.26. The first-order valence-electron chi connectivity index (χ1n) is 4.26. The van der Waals surface area contributed by atoms with E-state index in [1.54, 1.807) is 0 Å². The summed E-state index contributed by atoms with van der Waals surface area (Å²) in [4.78, 5) is 0. The fraction of sp³-hybridized carbons (Fsp3) is 0.778. The molecular formula is C9H17NO2. The summed E-state index contributed by atoms with van der Waals surface area (Å²) in [6.07, 6.45) is -0.139. The van der Waals surface area contributed by atoms with Crippen LogP contribution in [0.2, 0.25) is 0 Å². The normalized spacial score (nSPS) is 27.1. The highest BCUT2D eigenvalue weighted by atomic mass is 16.6. The second-order valence-corrected chi connectivity index (χ2v) is 3.62. The van der Waals surface area contributed by atoms with Gasteiger partial charge in [-0.3, -0.25) is 5.32 Å². The molecule has 1 heterocycles. The Morgan fingerprint density at radius 3 is 2.83 bits per heavy atom. The molecule has 0 bridgehead atoms. The Morgan fingerprint density at radius 2 is 2.42 bits per heavy atom. The fourth-order valence-electron chi connectivity index (χ4n) is 1.16. The molecule has 0 amide bonds. The molecule has 1 aliphatic rings. The number of ether oxygens (including phenoxy) is 2. The van der Waals surface area contributed by atoms with Gasteiger partial charge in [-0.2, -0.15) is 0 Å². The molecule has 0 aromatic carbocycles. The number of hydrogen-bond donors (Lipinski definition) is 1. The molecule has 3 heteroatoms. The predicted molar refractivity (Wildman–Crippen MR) is 47.7 cm³/mol. The van der Waals surface area contributed by atoms with E-state index < -0.39 is 0 Å². The highest BCUT2D eigenvalue weighted by molar-refractivity contribution is 4.99. The average molecular weight is 171 g/mol. The summed E-state index contributed by atoms with van der Waals surface area (Å²) in [5.74, 6) is 0.670. The Balaban J connectivity index is 2.41. The van der Waals surface area contributed by atoms with Crippen LogP contribution in [0.5, 0.6) is 0 Å². The third-order valence-corrected chi connectivity index (χ3v) is 1.75. The third-order valence-electron chi connectivity index (χ3n) is 1.75. The lowest BCUT2D eigenvalue weighted by atomic mass is 10.1. The Kier molecular flexibility index (Phi) is 2.75. The summed E-state index contributed by atoms with van der Waals surface area (Å²) in [7, 11) is 0. The standard InChI is InChI=1S/C9H17NO2/c1-5-11-7(2)8-10-9(3,4)6-12-8/h8,10H,2,5-6H2,1,3-4H3. The van der Waals surface area contributed by atoms with Gasteiger partial charge in [0, 0.05) is 5.54 Å². The number of nitrogens with one attached hydrogen (secondary N) is 1. The Bertz CT molecular complexity index is 177. The lowest BCUT2D eigenvalue weighted by Gasteiger charge is -2.18. The van der Waals surface area contributed by atoms with Crippen molar-refractivity contribution in [2.75, 3.05) is 13.2 Å². The van der Waals surface area contributed by atoms with Crippen LogP contribution in [-0.2, 0) is 9.47 Å². The maximum atomic E-state index is 5.45. The van der Waals surface area contributed by atoms with Crippen molar-refractivity contribution >= 4 is 0 Å². The zero-order valence-corrected chi connectivity index (χ0v) is 8.02. The molecule has 0 aliphatic carbocycles. The van der Waals surface area contributed by atoms with Gasteiger partial charge in [-0.1, -0.05) is 6.58 Å². The van der Waals surface area contributed by atoms with E-state index in [2.05, 4.69) is 25.7 Å². The Labute approximate surface area is 73.7 Å². The van der Waals surface area contributed by atoms with Gasteiger partial charge in [0.05, 0.1) is 13.2 Å². The van der Waals surface area contributed by atoms with Crippen molar-refractivity contribution in [1.29, 1.82) is 0 Å². The van der Waals surface area contributed by atoms with E-state index in [0.717, 1.165) is 0 Å². The molecule has 0 radical (unpaired) electrons. The minimum absolute atomic E-state index is 0.0324. The molecule has 1 rings (SSSR count). The van der Waals surface area contributed by atoms with Crippen molar-refractivity contribution in [3.05, 3.63) is 12.3 Å². The van der Waals surface area contributed by atoms with E-state index in [1.165, 1.54) is 0 Å². The van der Waals surface area contributed by atoms with Gasteiger partial charge in [-0.25, -0.2) is 0 Å². The summed E-state index contributed by atoms with van der Waals surface area (Å²) in [5, 5.41) is 3.27. The topological polar surface area (TPSA) is 30.5 Å². The molecule has 1 saturated heterocycles. The SMILES string of the molecule is C=C(OCC)C1NC(C)(C)CO1. The highest BCUT2D eigenvalue weighted by Crippen LogP contribution is 2.18. The maximum Gasteiger partial charge on any atom is 0.166 e. The second kappa shape index (κ2) is 3.46. The molecule has 0 spiro atoms. The molecule has 1 N–H and O–H groups in total. The van der Waals surface area contributed by atoms with Gasteiger partial charge in [0.15, 0.2) is 6.23 Å². The van der Waals surface area contributed by atoms with E-state index in [-0.39, 0.29) is 11.8 Å². The van der Waals surface area contributed by atoms with Crippen LogP contribution in [0.1, 0.15) is 20.8 Å². The summed E-state index contributed by atoms with van der Waals surface area (Å²) < 4.78 is 10.7. The number of hydrogen-bond acceptors (Lipinski definition) is 3. The Morgan fingerprint density at radius 1 is 1.75 bits per heavy atom. The van der Waals surface area contributed by atoms with E-state index >= 15 is 0 Å². The third kappa shape index (κ3) is 2.22. The number of rotatable bonds is 3. The second-order valence-electron chi connectivity index (χ2n) is 3.62. The lowest BCUT2D eigenvalue weighted by Crippen LogP contribution is -2.39. The maximum absolute atomic E-state index is 5.45. The molecule has 12 heavy (non-hydrogen) atoms. The van der Waals surface area contributed by atoms with Crippen molar-refractivity contribution < 1.29 is 9.47 Å². The van der Waals surface area contributed by atoms with Gasteiger partial charge in [-0.15, -0.1) is 0 Å². The minimum Gasteiger partial charge on any atom is -0.495 e. The molecule has 0 aromatic rings. The van der Waals surface area contributed by atoms with E-state index in [1.807, 2.05) is 6.92 Å². The van der Waals surface area contributed by atoms with Crippen molar-refractivity contribution in [3.8, 4) is 0 Å². The molecule has 0 saturated carbocycles. The van der Waals surface area contributed by atoms with E-state index in [0.29, 0.717) is 19.0 Å². The molecular weight excluding hydrogens is 154 g/mol. The summed E-state index contributed by atoms with van der Waals surface area (Å²) in [6.45, 7) is 11.2. The van der Waals surface area contributed by atoms with E-state index in [4.69, 9.17) is 9.47 Å². The van der Waals surface area contributed by atoms with Gasteiger partial charge < -0.3 is 9.47 Å². The predicted octanol–water partition coefficient (Wildman–Crippen LogP) is 1.26. The van der Waals surface area contributed by atoms with Gasteiger partial charge in [0.2, 0.25) is 0 Å².